The van der Waals surface area contributed by atoms with Gasteiger partial charge in [-0.3, -0.25) is 0 Å². The van der Waals surface area contributed by atoms with E-state index in [4.69, 9.17) is 5.73 Å². The Morgan fingerprint density at radius 3 is 2.50 bits per heavy atom. The molecule has 1 aliphatic rings. The van der Waals surface area contributed by atoms with E-state index in [0.717, 1.165) is 18.4 Å². The quantitative estimate of drug-likeness (QED) is 0.752. The molecule has 1 aliphatic carbocycles. The predicted molar refractivity (Wildman–Crippen MR) is 78.4 cm³/mol. The summed E-state index contributed by atoms with van der Waals surface area (Å²) in [5.41, 5.74) is 7.17. The molecule has 6 heteroatoms. The van der Waals surface area contributed by atoms with Crippen LogP contribution in [0.2, 0.25) is 0 Å². The zero-order valence-electron chi connectivity index (χ0n) is 11.5. The van der Waals surface area contributed by atoms with Crippen LogP contribution in [0, 0.1) is 0 Å². The molecule has 1 fully saturated rings. The molecule has 20 heavy (non-hydrogen) atoms. The summed E-state index contributed by atoms with van der Waals surface area (Å²) in [6, 6.07) is 6.90. The molecular weight excluding hydrogens is 276 g/mol. The van der Waals surface area contributed by atoms with Crippen LogP contribution >= 0.6 is 0 Å². The minimum Gasteiger partial charge on any atom is -0.391 e. The lowest BCUT2D eigenvalue weighted by Gasteiger charge is -2.28. The van der Waals surface area contributed by atoms with E-state index in [1.165, 1.54) is 0 Å². The lowest BCUT2D eigenvalue weighted by Crippen LogP contribution is -2.45. The van der Waals surface area contributed by atoms with E-state index in [-0.39, 0.29) is 11.8 Å². The van der Waals surface area contributed by atoms with Gasteiger partial charge in [0, 0.05) is 12.6 Å². The van der Waals surface area contributed by atoms with Gasteiger partial charge in [0.25, 0.3) is 0 Å². The highest BCUT2D eigenvalue weighted by Gasteiger charge is 2.27. The number of hydrogen-bond acceptors (Lipinski definition) is 4. The Labute approximate surface area is 120 Å². The van der Waals surface area contributed by atoms with E-state index in [2.05, 4.69) is 4.72 Å². The molecular formula is C14H22N2O3S. The lowest BCUT2D eigenvalue weighted by atomic mass is 9.93. The number of aliphatic hydroxyl groups is 1. The maximum Gasteiger partial charge on any atom is 0.216 e. The maximum absolute atomic E-state index is 12.2. The molecule has 2 unspecified atom stereocenters. The summed E-state index contributed by atoms with van der Waals surface area (Å²) in [6.07, 6.45) is 2.67. The number of hydrogen-bond donors (Lipinski definition) is 3. The van der Waals surface area contributed by atoms with Crippen molar-refractivity contribution in [3.8, 4) is 0 Å². The number of sulfonamides is 1. The minimum absolute atomic E-state index is 0.0937. The number of rotatable bonds is 5. The summed E-state index contributed by atoms with van der Waals surface area (Å²) in [6.45, 7) is 0.317. The van der Waals surface area contributed by atoms with Crippen molar-refractivity contribution in [2.45, 2.75) is 50.1 Å². The lowest BCUT2D eigenvalue weighted by molar-refractivity contribution is 0.101. The van der Waals surface area contributed by atoms with E-state index >= 15 is 0 Å². The highest BCUT2D eigenvalue weighted by molar-refractivity contribution is 7.88. The van der Waals surface area contributed by atoms with Gasteiger partial charge < -0.3 is 10.8 Å². The summed E-state index contributed by atoms with van der Waals surface area (Å²) in [7, 11) is -3.47. The van der Waals surface area contributed by atoms with Gasteiger partial charge in [0.15, 0.2) is 0 Å². The summed E-state index contributed by atoms with van der Waals surface area (Å²) in [5.74, 6) is -0.0937. The second-order valence-corrected chi connectivity index (χ2v) is 7.06. The first-order chi connectivity index (χ1) is 9.52. The second kappa shape index (κ2) is 6.67. The molecule has 1 saturated carbocycles. The fourth-order valence-electron chi connectivity index (χ4n) is 2.62. The fraction of sp³-hybridized carbons (Fsp3) is 0.571. The predicted octanol–water partition coefficient (Wildman–Crippen LogP) is 0.868. The molecule has 0 spiro atoms. The van der Waals surface area contributed by atoms with E-state index in [1.54, 1.807) is 12.1 Å². The topological polar surface area (TPSA) is 92.4 Å². The molecule has 0 amide bonds. The normalized spacial score (nSPS) is 23.7. The molecule has 112 valence electrons. The van der Waals surface area contributed by atoms with Crippen LogP contribution in [0.15, 0.2) is 24.3 Å². The van der Waals surface area contributed by atoms with Gasteiger partial charge in [-0.2, -0.15) is 0 Å². The average Bonchev–Trinajstić information content (AvgIpc) is 2.41. The highest BCUT2D eigenvalue weighted by Crippen LogP contribution is 2.20. The minimum atomic E-state index is -3.47. The smallest absolute Gasteiger partial charge is 0.216 e. The Kier molecular flexibility index (Phi) is 5.15. The van der Waals surface area contributed by atoms with Gasteiger partial charge in [-0.25, -0.2) is 13.1 Å². The van der Waals surface area contributed by atoms with Gasteiger partial charge >= 0.3 is 0 Å². The van der Waals surface area contributed by atoms with Crippen LogP contribution in [0.1, 0.15) is 36.8 Å². The summed E-state index contributed by atoms with van der Waals surface area (Å²) < 4.78 is 27.1. The van der Waals surface area contributed by atoms with Crippen molar-refractivity contribution < 1.29 is 13.5 Å². The highest BCUT2D eigenvalue weighted by atomic mass is 32.2. The van der Waals surface area contributed by atoms with Crippen molar-refractivity contribution in [3.63, 3.8) is 0 Å². The molecule has 0 aromatic heterocycles. The van der Waals surface area contributed by atoms with Crippen LogP contribution < -0.4 is 10.5 Å². The summed E-state index contributed by atoms with van der Waals surface area (Å²) >= 11 is 0. The molecule has 0 aliphatic heterocycles. The Bertz CT molecular complexity index is 545. The molecule has 0 saturated heterocycles. The van der Waals surface area contributed by atoms with Crippen molar-refractivity contribution in [1.29, 1.82) is 0 Å². The van der Waals surface area contributed by atoms with E-state index in [1.807, 2.05) is 12.1 Å². The summed E-state index contributed by atoms with van der Waals surface area (Å²) in [4.78, 5) is 0. The standard InChI is InChI=1S/C14H22N2O3S/c15-9-11-5-1-2-6-12(11)10-20(18,19)16-13-7-3-4-8-14(13)17/h1-2,5-6,13-14,16-17H,3-4,7-10,15H2. The molecule has 0 radical (unpaired) electrons. The van der Waals surface area contributed by atoms with Crippen molar-refractivity contribution in [1.82, 2.24) is 4.72 Å². The van der Waals surface area contributed by atoms with Crippen LogP contribution in [-0.2, 0) is 22.3 Å². The van der Waals surface area contributed by atoms with Crippen molar-refractivity contribution in [2.24, 2.45) is 5.73 Å². The fourth-order valence-corrected chi connectivity index (χ4v) is 4.13. The third kappa shape index (κ3) is 4.02. The SMILES string of the molecule is NCc1ccccc1CS(=O)(=O)NC1CCCCC1O. The van der Waals surface area contributed by atoms with E-state index < -0.39 is 16.1 Å². The second-order valence-electron chi connectivity index (χ2n) is 5.31. The summed E-state index contributed by atoms with van der Waals surface area (Å²) in [5, 5.41) is 9.85. The third-order valence-electron chi connectivity index (χ3n) is 3.74. The number of nitrogens with one attached hydrogen (secondary N) is 1. The van der Waals surface area contributed by atoms with Crippen LogP contribution in [0.25, 0.3) is 0 Å². The van der Waals surface area contributed by atoms with Gasteiger partial charge in [-0.1, -0.05) is 37.1 Å². The van der Waals surface area contributed by atoms with Crippen LogP contribution in [0.3, 0.4) is 0 Å². The van der Waals surface area contributed by atoms with Crippen LogP contribution in [0.5, 0.6) is 0 Å². The zero-order chi connectivity index (χ0) is 14.6. The molecule has 1 aromatic carbocycles. The van der Waals surface area contributed by atoms with Crippen molar-refractivity contribution >= 4 is 10.0 Å². The van der Waals surface area contributed by atoms with Gasteiger partial charge in [0.1, 0.15) is 0 Å². The average molecular weight is 298 g/mol. The Balaban J connectivity index is 2.07. The van der Waals surface area contributed by atoms with Crippen LogP contribution in [-0.4, -0.2) is 25.7 Å². The first-order valence-corrected chi connectivity index (χ1v) is 8.62. The van der Waals surface area contributed by atoms with Gasteiger partial charge in [-0.15, -0.1) is 0 Å². The Morgan fingerprint density at radius 1 is 1.20 bits per heavy atom. The Morgan fingerprint density at radius 2 is 1.85 bits per heavy atom. The Hall–Kier alpha value is -0.950. The van der Waals surface area contributed by atoms with Gasteiger partial charge in [-0.05, 0) is 24.0 Å². The first-order valence-electron chi connectivity index (χ1n) is 6.97. The first kappa shape index (κ1) is 15.4. The largest absolute Gasteiger partial charge is 0.391 e. The third-order valence-corrected chi connectivity index (χ3v) is 5.10. The van der Waals surface area contributed by atoms with E-state index in [0.29, 0.717) is 24.9 Å². The molecule has 2 rings (SSSR count). The van der Waals surface area contributed by atoms with Gasteiger partial charge in [0.2, 0.25) is 10.0 Å². The maximum atomic E-state index is 12.2. The van der Waals surface area contributed by atoms with Crippen molar-refractivity contribution in [3.05, 3.63) is 35.4 Å². The molecule has 1 aromatic rings. The molecule has 4 N–H and O–H groups in total. The number of nitrogens with two attached hydrogens (primary N) is 1. The van der Waals surface area contributed by atoms with Gasteiger partial charge in [0.05, 0.1) is 11.9 Å². The van der Waals surface area contributed by atoms with Crippen molar-refractivity contribution in [2.75, 3.05) is 0 Å². The zero-order valence-corrected chi connectivity index (χ0v) is 12.3. The van der Waals surface area contributed by atoms with E-state index in [9.17, 15) is 13.5 Å². The molecule has 0 heterocycles. The molecule has 0 bridgehead atoms. The van der Waals surface area contributed by atoms with Crippen LogP contribution in [0.4, 0.5) is 0 Å². The monoisotopic (exact) mass is 298 g/mol. The molecule has 5 nitrogen and oxygen atoms in total. The number of aliphatic hydroxyl groups excluding tert-OH is 1. The molecule has 2 atom stereocenters. The number of benzene rings is 1.